The predicted octanol–water partition coefficient (Wildman–Crippen LogP) is 5.72. The van der Waals surface area contributed by atoms with Gasteiger partial charge in [0.1, 0.15) is 0 Å². The van der Waals surface area contributed by atoms with Crippen molar-refractivity contribution in [3.8, 4) is 22.4 Å². The van der Waals surface area contributed by atoms with Gasteiger partial charge >= 0.3 is 0 Å². The summed E-state index contributed by atoms with van der Waals surface area (Å²) in [5.41, 5.74) is 6.41. The molecule has 0 unspecified atom stereocenters. The third-order valence-corrected chi connectivity index (χ3v) is 4.03. The molecule has 0 spiro atoms. The van der Waals surface area contributed by atoms with Crippen molar-refractivity contribution in [3.05, 3.63) is 71.1 Å². The molecular weight excluding hydrogens is 304 g/mol. The molecule has 0 amide bonds. The van der Waals surface area contributed by atoms with Crippen molar-refractivity contribution in [3.63, 3.8) is 0 Å². The van der Waals surface area contributed by atoms with Crippen LogP contribution >= 0.6 is 11.6 Å². The number of aryl methyl sites for hydroxylation is 2. The molecule has 0 radical (unpaired) electrons. The van der Waals surface area contributed by atoms with Gasteiger partial charge in [-0.15, -0.1) is 0 Å². The summed E-state index contributed by atoms with van der Waals surface area (Å²) in [6, 6.07) is 14.5. The molecule has 1 aromatic carbocycles. The molecule has 3 aromatic rings. The smallest absolute Gasteiger partial charge is 0.0796 e. The zero-order valence-electron chi connectivity index (χ0n) is 13.4. The van der Waals surface area contributed by atoms with Gasteiger partial charge in [-0.1, -0.05) is 54.8 Å². The van der Waals surface area contributed by atoms with Crippen LogP contribution in [-0.2, 0) is 6.42 Å². The van der Waals surface area contributed by atoms with Crippen molar-refractivity contribution in [1.82, 2.24) is 9.97 Å². The molecule has 116 valence electrons. The van der Waals surface area contributed by atoms with E-state index < -0.39 is 0 Å². The summed E-state index contributed by atoms with van der Waals surface area (Å²) in [5.74, 6) is 0. The first-order chi connectivity index (χ1) is 11.2. The minimum Gasteiger partial charge on any atom is -0.261 e. The molecule has 3 rings (SSSR count). The van der Waals surface area contributed by atoms with Crippen LogP contribution < -0.4 is 0 Å². The highest BCUT2D eigenvalue weighted by atomic mass is 35.5. The van der Waals surface area contributed by atoms with Crippen molar-refractivity contribution < 1.29 is 0 Å². The SMILES string of the molecule is CCCc1ccc(-c2ncc(Cl)cc2-c2ccc(C)cc2)cn1. The van der Waals surface area contributed by atoms with E-state index in [0.29, 0.717) is 5.02 Å². The van der Waals surface area contributed by atoms with Gasteiger partial charge in [0, 0.05) is 29.2 Å². The van der Waals surface area contributed by atoms with E-state index in [1.54, 1.807) is 6.20 Å². The minimum atomic E-state index is 0.639. The van der Waals surface area contributed by atoms with Crippen molar-refractivity contribution in [1.29, 1.82) is 0 Å². The Balaban J connectivity index is 2.06. The number of pyridine rings is 2. The number of aromatic nitrogens is 2. The molecular formula is C20H19ClN2. The Bertz CT molecular complexity index is 793. The van der Waals surface area contributed by atoms with Crippen LogP contribution in [0.2, 0.25) is 5.02 Å². The quantitative estimate of drug-likeness (QED) is 0.613. The summed E-state index contributed by atoms with van der Waals surface area (Å²) in [5, 5.41) is 0.639. The van der Waals surface area contributed by atoms with Gasteiger partial charge in [0.05, 0.1) is 10.7 Å². The standard InChI is InChI=1S/C20H19ClN2/c1-3-4-18-10-9-16(12-22-18)20-19(11-17(21)13-23-20)15-7-5-14(2)6-8-15/h5-13H,3-4H2,1-2H3. The zero-order valence-corrected chi connectivity index (χ0v) is 14.1. The summed E-state index contributed by atoms with van der Waals surface area (Å²) < 4.78 is 0. The lowest BCUT2D eigenvalue weighted by atomic mass is 9.99. The van der Waals surface area contributed by atoms with E-state index in [4.69, 9.17) is 11.6 Å². The first-order valence-electron chi connectivity index (χ1n) is 7.85. The van der Waals surface area contributed by atoms with Crippen LogP contribution in [0.1, 0.15) is 24.6 Å². The fourth-order valence-corrected chi connectivity index (χ4v) is 2.75. The molecule has 0 fully saturated rings. The number of hydrogen-bond acceptors (Lipinski definition) is 2. The molecule has 0 aliphatic rings. The molecule has 0 aliphatic carbocycles. The normalized spacial score (nSPS) is 10.7. The van der Waals surface area contributed by atoms with E-state index in [-0.39, 0.29) is 0 Å². The van der Waals surface area contributed by atoms with Gasteiger partial charge in [-0.3, -0.25) is 9.97 Å². The summed E-state index contributed by atoms with van der Waals surface area (Å²) in [6.45, 7) is 4.24. The second-order valence-corrected chi connectivity index (χ2v) is 6.14. The maximum absolute atomic E-state index is 6.17. The summed E-state index contributed by atoms with van der Waals surface area (Å²) in [4.78, 5) is 9.09. The number of hydrogen-bond donors (Lipinski definition) is 0. The number of benzene rings is 1. The van der Waals surface area contributed by atoms with Crippen LogP contribution in [0.4, 0.5) is 0 Å². The van der Waals surface area contributed by atoms with Crippen LogP contribution in [0.5, 0.6) is 0 Å². The Morgan fingerprint density at radius 3 is 2.30 bits per heavy atom. The average Bonchev–Trinajstić information content (AvgIpc) is 2.57. The van der Waals surface area contributed by atoms with Gasteiger partial charge in [-0.25, -0.2) is 0 Å². The van der Waals surface area contributed by atoms with Gasteiger partial charge in [0.15, 0.2) is 0 Å². The van der Waals surface area contributed by atoms with E-state index in [1.165, 1.54) is 5.56 Å². The van der Waals surface area contributed by atoms with Crippen LogP contribution in [0, 0.1) is 6.92 Å². The second-order valence-electron chi connectivity index (χ2n) is 5.70. The molecule has 2 aromatic heterocycles. The lowest BCUT2D eigenvalue weighted by Gasteiger charge is -2.10. The molecule has 0 saturated heterocycles. The van der Waals surface area contributed by atoms with Gasteiger partial charge < -0.3 is 0 Å². The van der Waals surface area contributed by atoms with Gasteiger partial charge in [0.25, 0.3) is 0 Å². The lowest BCUT2D eigenvalue weighted by Crippen LogP contribution is -1.93. The Labute approximate surface area is 142 Å². The van der Waals surface area contributed by atoms with E-state index in [0.717, 1.165) is 40.9 Å². The van der Waals surface area contributed by atoms with Crippen molar-refractivity contribution in [2.45, 2.75) is 26.7 Å². The summed E-state index contributed by atoms with van der Waals surface area (Å²) in [6.07, 6.45) is 5.69. The minimum absolute atomic E-state index is 0.639. The molecule has 3 heteroatoms. The van der Waals surface area contributed by atoms with E-state index in [2.05, 4.69) is 60.2 Å². The zero-order chi connectivity index (χ0) is 16.2. The fourth-order valence-electron chi connectivity index (χ4n) is 2.59. The molecule has 2 heterocycles. The Morgan fingerprint density at radius 1 is 0.913 bits per heavy atom. The number of rotatable bonds is 4. The van der Waals surface area contributed by atoms with Crippen LogP contribution in [0.25, 0.3) is 22.4 Å². The molecule has 0 aliphatic heterocycles. The highest BCUT2D eigenvalue weighted by molar-refractivity contribution is 6.30. The van der Waals surface area contributed by atoms with Crippen molar-refractivity contribution in [2.75, 3.05) is 0 Å². The van der Waals surface area contributed by atoms with Crippen molar-refractivity contribution in [2.24, 2.45) is 0 Å². The summed E-state index contributed by atoms with van der Waals surface area (Å²) >= 11 is 6.17. The van der Waals surface area contributed by atoms with E-state index in [9.17, 15) is 0 Å². The molecule has 0 N–H and O–H groups in total. The Morgan fingerprint density at radius 2 is 1.65 bits per heavy atom. The number of nitrogens with zero attached hydrogens (tertiary/aromatic N) is 2. The molecule has 0 atom stereocenters. The van der Waals surface area contributed by atoms with E-state index in [1.807, 2.05) is 12.3 Å². The third-order valence-electron chi connectivity index (χ3n) is 3.82. The topological polar surface area (TPSA) is 25.8 Å². The van der Waals surface area contributed by atoms with Gasteiger partial charge in [-0.05, 0) is 37.1 Å². The summed E-state index contributed by atoms with van der Waals surface area (Å²) in [7, 11) is 0. The maximum Gasteiger partial charge on any atom is 0.0796 e. The van der Waals surface area contributed by atoms with Crippen molar-refractivity contribution >= 4 is 11.6 Å². The second kappa shape index (κ2) is 6.93. The first kappa shape index (κ1) is 15.7. The highest BCUT2D eigenvalue weighted by Crippen LogP contribution is 2.32. The Hall–Kier alpha value is -2.19. The largest absolute Gasteiger partial charge is 0.261 e. The van der Waals surface area contributed by atoms with E-state index >= 15 is 0 Å². The lowest BCUT2D eigenvalue weighted by molar-refractivity contribution is 0.883. The molecule has 0 bridgehead atoms. The monoisotopic (exact) mass is 322 g/mol. The van der Waals surface area contributed by atoms with Gasteiger partial charge in [-0.2, -0.15) is 0 Å². The highest BCUT2D eigenvalue weighted by Gasteiger charge is 2.10. The Kier molecular flexibility index (Phi) is 4.73. The molecule has 23 heavy (non-hydrogen) atoms. The fraction of sp³-hybridized carbons (Fsp3) is 0.200. The number of halogens is 1. The van der Waals surface area contributed by atoms with Gasteiger partial charge in [0.2, 0.25) is 0 Å². The molecule has 2 nitrogen and oxygen atoms in total. The maximum atomic E-state index is 6.17. The third kappa shape index (κ3) is 3.59. The van der Waals surface area contributed by atoms with Crippen LogP contribution in [0.3, 0.4) is 0 Å². The average molecular weight is 323 g/mol. The van der Waals surface area contributed by atoms with Crippen LogP contribution in [0.15, 0.2) is 54.9 Å². The van der Waals surface area contributed by atoms with Crippen LogP contribution in [-0.4, -0.2) is 9.97 Å². The molecule has 0 saturated carbocycles. The predicted molar refractivity (Wildman–Crippen MR) is 96.6 cm³/mol. The first-order valence-corrected chi connectivity index (χ1v) is 8.23.